The maximum absolute atomic E-state index is 13.8. The van der Waals surface area contributed by atoms with Crippen molar-refractivity contribution in [2.24, 2.45) is 0 Å². The highest BCUT2D eigenvalue weighted by atomic mass is 19.1. The lowest BCUT2D eigenvalue weighted by molar-refractivity contribution is 0.143. The molecule has 2 N–H and O–H groups in total. The Hall–Kier alpha value is -2.57. The Morgan fingerprint density at radius 3 is 2.54 bits per heavy atom. The number of benzene rings is 2. The molecule has 24 heavy (non-hydrogen) atoms. The summed E-state index contributed by atoms with van der Waals surface area (Å²) in [6, 6.07) is 11.9. The van der Waals surface area contributed by atoms with Gasteiger partial charge in [-0.3, -0.25) is 0 Å². The van der Waals surface area contributed by atoms with Crippen LogP contribution < -0.4 is 0 Å². The van der Waals surface area contributed by atoms with Crippen molar-refractivity contribution in [3.05, 3.63) is 89.5 Å². The van der Waals surface area contributed by atoms with Crippen LogP contribution in [-0.4, -0.2) is 19.8 Å². The molecular weight excluding hydrogens is 314 g/mol. The SMILES string of the molecule is O[C@@H](c1ccccc1)c1nccn1C[C@H](O)c1cc(F)ccc1F. The van der Waals surface area contributed by atoms with Crippen molar-refractivity contribution >= 4 is 0 Å². The molecule has 0 amide bonds. The van der Waals surface area contributed by atoms with Crippen LogP contribution in [0.5, 0.6) is 0 Å². The van der Waals surface area contributed by atoms with Crippen LogP contribution in [0.3, 0.4) is 0 Å². The quantitative estimate of drug-likeness (QED) is 0.756. The number of hydrogen-bond acceptors (Lipinski definition) is 3. The molecule has 0 aliphatic heterocycles. The second-order valence-corrected chi connectivity index (χ2v) is 5.43. The second-order valence-electron chi connectivity index (χ2n) is 5.43. The largest absolute Gasteiger partial charge is 0.386 e. The number of halogens is 2. The highest BCUT2D eigenvalue weighted by Gasteiger charge is 2.20. The molecule has 1 aromatic heterocycles. The minimum atomic E-state index is -1.27. The lowest BCUT2D eigenvalue weighted by Gasteiger charge is -2.17. The Morgan fingerprint density at radius 1 is 1.04 bits per heavy atom. The molecule has 3 rings (SSSR count). The second kappa shape index (κ2) is 6.90. The Bertz CT molecular complexity index is 821. The zero-order chi connectivity index (χ0) is 17.1. The van der Waals surface area contributed by atoms with E-state index in [1.807, 2.05) is 6.07 Å². The normalized spacial score (nSPS) is 13.7. The van der Waals surface area contributed by atoms with Crippen molar-refractivity contribution < 1.29 is 19.0 Å². The molecule has 0 saturated carbocycles. The lowest BCUT2D eigenvalue weighted by atomic mass is 10.1. The molecule has 124 valence electrons. The van der Waals surface area contributed by atoms with Crippen molar-refractivity contribution in [3.8, 4) is 0 Å². The summed E-state index contributed by atoms with van der Waals surface area (Å²) < 4.78 is 28.6. The molecule has 2 atom stereocenters. The first-order valence-electron chi connectivity index (χ1n) is 7.43. The van der Waals surface area contributed by atoms with E-state index in [1.54, 1.807) is 30.5 Å². The first kappa shape index (κ1) is 16.3. The number of nitrogens with zero attached hydrogens (tertiary/aromatic N) is 2. The third kappa shape index (κ3) is 3.34. The van der Waals surface area contributed by atoms with Crippen LogP contribution in [0.2, 0.25) is 0 Å². The van der Waals surface area contributed by atoms with E-state index in [9.17, 15) is 19.0 Å². The Kier molecular flexibility index (Phi) is 4.69. The zero-order valence-electron chi connectivity index (χ0n) is 12.7. The van der Waals surface area contributed by atoms with Gasteiger partial charge in [0.25, 0.3) is 0 Å². The summed E-state index contributed by atoms with van der Waals surface area (Å²) in [7, 11) is 0. The Labute approximate surface area is 137 Å². The van der Waals surface area contributed by atoms with Gasteiger partial charge in [-0.1, -0.05) is 30.3 Å². The van der Waals surface area contributed by atoms with Crippen molar-refractivity contribution in [2.45, 2.75) is 18.8 Å². The van der Waals surface area contributed by atoms with Gasteiger partial charge in [-0.05, 0) is 23.8 Å². The first-order chi connectivity index (χ1) is 11.6. The molecule has 0 saturated heterocycles. The van der Waals surface area contributed by atoms with E-state index in [0.717, 1.165) is 18.2 Å². The molecule has 0 fully saturated rings. The maximum atomic E-state index is 13.8. The summed E-state index contributed by atoms with van der Waals surface area (Å²) in [4.78, 5) is 4.11. The van der Waals surface area contributed by atoms with E-state index in [1.165, 1.54) is 10.8 Å². The molecular formula is C18H16F2N2O2. The van der Waals surface area contributed by atoms with Crippen LogP contribution in [0.25, 0.3) is 0 Å². The van der Waals surface area contributed by atoms with Crippen LogP contribution in [0, 0.1) is 11.6 Å². The highest BCUT2D eigenvalue weighted by Crippen LogP contribution is 2.24. The van der Waals surface area contributed by atoms with Gasteiger partial charge in [0.15, 0.2) is 0 Å². The highest BCUT2D eigenvalue weighted by molar-refractivity contribution is 5.24. The molecule has 0 aliphatic rings. The van der Waals surface area contributed by atoms with E-state index in [0.29, 0.717) is 11.4 Å². The minimum absolute atomic E-state index is 0.0560. The Balaban J connectivity index is 1.84. The van der Waals surface area contributed by atoms with Gasteiger partial charge < -0.3 is 14.8 Å². The van der Waals surface area contributed by atoms with Crippen molar-refractivity contribution in [2.75, 3.05) is 0 Å². The minimum Gasteiger partial charge on any atom is -0.386 e. The van der Waals surface area contributed by atoms with Crippen molar-refractivity contribution in [1.29, 1.82) is 0 Å². The average Bonchev–Trinajstić information content (AvgIpc) is 3.05. The fourth-order valence-corrected chi connectivity index (χ4v) is 2.56. The summed E-state index contributed by atoms with van der Waals surface area (Å²) >= 11 is 0. The van der Waals surface area contributed by atoms with Gasteiger partial charge in [-0.2, -0.15) is 0 Å². The summed E-state index contributed by atoms with van der Waals surface area (Å²) in [5, 5.41) is 20.7. The van der Waals surface area contributed by atoms with Crippen molar-refractivity contribution in [1.82, 2.24) is 9.55 Å². The van der Waals surface area contributed by atoms with E-state index < -0.39 is 23.8 Å². The van der Waals surface area contributed by atoms with Crippen molar-refractivity contribution in [3.63, 3.8) is 0 Å². The lowest BCUT2D eigenvalue weighted by Crippen LogP contribution is -2.15. The van der Waals surface area contributed by atoms with Crippen LogP contribution in [0.4, 0.5) is 8.78 Å². The standard InChI is InChI=1S/C18H16F2N2O2/c19-13-6-7-15(20)14(10-13)16(23)11-22-9-8-21-18(22)17(24)12-4-2-1-3-5-12/h1-10,16-17,23-24H,11H2/t16-,17-/m0/s1. The number of imidazole rings is 1. The van der Waals surface area contributed by atoms with Gasteiger partial charge in [-0.25, -0.2) is 13.8 Å². The fraction of sp³-hybridized carbons (Fsp3) is 0.167. The fourth-order valence-electron chi connectivity index (χ4n) is 2.56. The molecule has 0 radical (unpaired) electrons. The number of aliphatic hydroxyl groups excluding tert-OH is 2. The Morgan fingerprint density at radius 2 is 1.79 bits per heavy atom. The van der Waals surface area contributed by atoms with Crippen LogP contribution >= 0.6 is 0 Å². The van der Waals surface area contributed by atoms with E-state index in [2.05, 4.69) is 4.98 Å². The summed E-state index contributed by atoms with van der Waals surface area (Å²) in [6.45, 7) is -0.0560. The van der Waals surface area contributed by atoms with E-state index in [-0.39, 0.29) is 12.1 Å². The average molecular weight is 330 g/mol. The third-order valence-electron chi connectivity index (χ3n) is 3.79. The monoisotopic (exact) mass is 330 g/mol. The van der Waals surface area contributed by atoms with Gasteiger partial charge in [0, 0.05) is 18.0 Å². The van der Waals surface area contributed by atoms with Gasteiger partial charge in [0.05, 0.1) is 12.6 Å². The first-order valence-corrected chi connectivity index (χ1v) is 7.43. The van der Waals surface area contributed by atoms with E-state index in [4.69, 9.17) is 0 Å². The smallest absolute Gasteiger partial charge is 0.142 e. The number of aromatic nitrogens is 2. The molecule has 0 unspecified atom stereocenters. The van der Waals surface area contributed by atoms with Crippen LogP contribution in [0.1, 0.15) is 29.2 Å². The summed E-state index contributed by atoms with van der Waals surface area (Å²) in [5.41, 5.74) is 0.514. The topological polar surface area (TPSA) is 58.3 Å². The van der Waals surface area contributed by atoms with E-state index >= 15 is 0 Å². The molecule has 1 heterocycles. The third-order valence-corrected chi connectivity index (χ3v) is 3.79. The molecule has 2 aromatic carbocycles. The number of hydrogen-bond donors (Lipinski definition) is 2. The summed E-state index contributed by atoms with van der Waals surface area (Å²) in [6.07, 6.45) is 0.806. The molecule has 3 aromatic rings. The zero-order valence-corrected chi connectivity index (χ0v) is 12.7. The van der Waals surface area contributed by atoms with Gasteiger partial charge in [0.2, 0.25) is 0 Å². The van der Waals surface area contributed by atoms with Crippen LogP contribution in [-0.2, 0) is 6.54 Å². The predicted octanol–water partition coefficient (Wildman–Crippen LogP) is 2.98. The molecule has 0 bridgehead atoms. The number of rotatable bonds is 5. The molecule has 4 nitrogen and oxygen atoms in total. The predicted molar refractivity (Wildman–Crippen MR) is 84.0 cm³/mol. The summed E-state index contributed by atoms with van der Waals surface area (Å²) in [5.74, 6) is -0.994. The van der Waals surface area contributed by atoms with Gasteiger partial charge in [-0.15, -0.1) is 0 Å². The van der Waals surface area contributed by atoms with Gasteiger partial charge in [0.1, 0.15) is 23.6 Å². The molecule has 6 heteroatoms. The molecule has 0 aliphatic carbocycles. The maximum Gasteiger partial charge on any atom is 0.142 e. The van der Waals surface area contributed by atoms with Gasteiger partial charge >= 0.3 is 0 Å². The van der Waals surface area contributed by atoms with Crippen LogP contribution in [0.15, 0.2) is 60.9 Å². The number of aliphatic hydroxyl groups is 2. The molecule has 0 spiro atoms.